The van der Waals surface area contributed by atoms with E-state index in [2.05, 4.69) is 21.2 Å². The quantitative estimate of drug-likeness (QED) is 0.583. The molecule has 0 unspecified atom stereocenters. The van der Waals surface area contributed by atoms with Crippen LogP contribution in [0.5, 0.6) is 5.75 Å². The molecule has 32 heavy (non-hydrogen) atoms. The van der Waals surface area contributed by atoms with E-state index in [1.807, 2.05) is 53.4 Å². The van der Waals surface area contributed by atoms with Crippen LogP contribution in [-0.2, 0) is 17.9 Å². The van der Waals surface area contributed by atoms with Crippen molar-refractivity contribution in [2.24, 2.45) is 0 Å². The van der Waals surface area contributed by atoms with Crippen LogP contribution in [0.15, 0.2) is 48.5 Å². The molecule has 0 aliphatic carbocycles. The molecule has 4 rings (SSSR count). The molecule has 1 amide bonds. The minimum Gasteiger partial charge on any atom is -0.497 e. The smallest absolute Gasteiger partial charge is 0.242 e. The Balaban J connectivity index is 1.36. The number of amides is 1. The number of hydrogen-bond acceptors (Lipinski definition) is 6. The highest BCUT2D eigenvalue weighted by molar-refractivity contribution is 7.71. The van der Waals surface area contributed by atoms with Crippen LogP contribution < -0.4 is 4.74 Å². The number of aromatic amines is 1. The summed E-state index contributed by atoms with van der Waals surface area (Å²) < 4.78 is 7.37. The molecule has 2 aromatic carbocycles. The Kier molecular flexibility index (Phi) is 6.63. The van der Waals surface area contributed by atoms with E-state index in [-0.39, 0.29) is 12.5 Å². The monoisotopic (exact) mass is 448 g/mol. The molecule has 1 aliphatic heterocycles. The van der Waals surface area contributed by atoms with E-state index in [0.717, 1.165) is 36.5 Å². The molecule has 9 heteroatoms. The third kappa shape index (κ3) is 4.88. The van der Waals surface area contributed by atoms with Crippen molar-refractivity contribution in [3.63, 3.8) is 0 Å². The number of ether oxygens (including phenoxy) is 1. The zero-order valence-corrected chi connectivity index (χ0v) is 18.6. The number of methoxy groups -OCH3 is 1. The topological polar surface area (TPSA) is 90.2 Å². The normalized spacial score (nSPS) is 14.2. The minimum absolute atomic E-state index is 0.0234. The number of H-pyrrole nitrogens is 1. The van der Waals surface area contributed by atoms with Gasteiger partial charge in [0.25, 0.3) is 0 Å². The average Bonchev–Trinajstić information content (AvgIpc) is 3.20. The van der Waals surface area contributed by atoms with Gasteiger partial charge in [-0.2, -0.15) is 10.4 Å². The summed E-state index contributed by atoms with van der Waals surface area (Å²) in [7, 11) is 1.62. The molecule has 2 heterocycles. The third-order valence-corrected chi connectivity index (χ3v) is 5.93. The van der Waals surface area contributed by atoms with Crippen LogP contribution in [0.3, 0.4) is 0 Å². The molecule has 8 nitrogen and oxygen atoms in total. The summed E-state index contributed by atoms with van der Waals surface area (Å²) in [5, 5.41) is 16.0. The standard InChI is InChI=1S/C23H24N6O2S/c1-31-20-8-6-19(7-9-20)22-25-26-23(32)29(22)16-21(30)28-12-10-27(11-13-28)15-18-4-2-17(14-24)3-5-18/h2-9H,10-13,15-16H2,1H3,(H,26,32). The fourth-order valence-electron chi connectivity index (χ4n) is 3.76. The van der Waals surface area contributed by atoms with Crippen molar-refractivity contribution in [2.75, 3.05) is 33.3 Å². The molecule has 164 valence electrons. The molecule has 0 spiro atoms. The van der Waals surface area contributed by atoms with Crippen LogP contribution in [0.4, 0.5) is 0 Å². The molecule has 0 radical (unpaired) electrons. The summed E-state index contributed by atoms with van der Waals surface area (Å²) in [6.07, 6.45) is 0. The number of nitrogens with one attached hydrogen (secondary N) is 1. The van der Waals surface area contributed by atoms with Gasteiger partial charge in [-0.25, -0.2) is 0 Å². The van der Waals surface area contributed by atoms with Gasteiger partial charge in [-0.3, -0.25) is 19.4 Å². The van der Waals surface area contributed by atoms with Crippen LogP contribution in [0.2, 0.25) is 0 Å². The van der Waals surface area contributed by atoms with Crippen molar-refractivity contribution in [2.45, 2.75) is 13.1 Å². The fraction of sp³-hybridized carbons (Fsp3) is 0.304. The lowest BCUT2D eigenvalue weighted by Crippen LogP contribution is -2.49. The van der Waals surface area contributed by atoms with Crippen LogP contribution in [0, 0.1) is 16.1 Å². The first kappa shape index (κ1) is 21.7. The lowest BCUT2D eigenvalue weighted by atomic mass is 10.1. The highest BCUT2D eigenvalue weighted by Gasteiger charge is 2.22. The molecule has 1 saturated heterocycles. The van der Waals surface area contributed by atoms with Gasteiger partial charge in [0.15, 0.2) is 10.6 Å². The van der Waals surface area contributed by atoms with Crippen molar-refractivity contribution >= 4 is 18.1 Å². The summed E-state index contributed by atoms with van der Waals surface area (Å²) >= 11 is 5.37. The van der Waals surface area contributed by atoms with Crippen LogP contribution in [0.25, 0.3) is 11.4 Å². The van der Waals surface area contributed by atoms with Crippen LogP contribution in [0.1, 0.15) is 11.1 Å². The van der Waals surface area contributed by atoms with Crippen molar-refractivity contribution in [1.29, 1.82) is 5.26 Å². The highest BCUT2D eigenvalue weighted by atomic mass is 32.1. The molecule has 1 fully saturated rings. The van der Waals surface area contributed by atoms with E-state index in [1.165, 1.54) is 0 Å². The van der Waals surface area contributed by atoms with Gasteiger partial charge in [0, 0.05) is 38.3 Å². The Hall–Kier alpha value is -3.48. The molecular weight excluding hydrogens is 424 g/mol. The van der Waals surface area contributed by atoms with Crippen LogP contribution >= 0.6 is 12.2 Å². The van der Waals surface area contributed by atoms with Gasteiger partial charge in [-0.1, -0.05) is 12.1 Å². The number of nitriles is 1. The van der Waals surface area contributed by atoms with Crippen molar-refractivity contribution in [3.8, 4) is 23.2 Å². The van der Waals surface area contributed by atoms with E-state index in [9.17, 15) is 4.79 Å². The Morgan fingerprint density at radius 2 is 1.81 bits per heavy atom. The van der Waals surface area contributed by atoms with Gasteiger partial charge in [0.2, 0.25) is 5.91 Å². The third-order valence-electron chi connectivity index (χ3n) is 5.61. The van der Waals surface area contributed by atoms with E-state index < -0.39 is 0 Å². The Labute approximate surface area is 191 Å². The molecule has 3 aromatic rings. The molecular formula is C23H24N6O2S. The first-order chi connectivity index (χ1) is 15.6. The van der Waals surface area contributed by atoms with Crippen molar-refractivity contribution in [3.05, 3.63) is 64.4 Å². The molecule has 1 aromatic heterocycles. The lowest BCUT2D eigenvalue weighted by molar-refractivity contribution is -0.133. The largest absolute Gasteiger partial charge is 0.497 e. The van der Waals surface area contributed by atoms with Crippen molar-refractivity contribution < 1.29 is 9.53 Å². The zero-order chi connectivity index (χ0) is 22.5. The molecule has 1 aliphatic rings. The maximum Gasteiger partial charge on any atom is 0.242 e. The number of rotatable bonds is 6. The zero-order valence-electron chi connectivity index (χ0n) is 17.8. The second-order valence-electron chi connectivity index (χ2n) is 7.63. The number of nitrogens with zero attached hydrogens (tertiary/aromatic N) is 5. The summed E-state index contributed by atoms with van der Waals surface area (Å²) in [5.41, 5.74) is 2.69. The first-order valence-corrected chi connectivity index (χ1v) is 10.8. The first-order valence-electron chi connectivity index (χ1n) is 10.4. The van der Waals surface area contributed by atoms with E-state index in [0.29, 0.717) is 29.2 Å². The van der Waals surface area contributed by atoms with E-state index >= 15 is 0 Å². The number of carbonyl (C=O) groups excluding carboxylic acids is 1. The van der Waals surface area contributed by atoms with E-state index in [1.54, 1.807) is 11.7 Å². The Bertz CT molecular complexity index is 1170. The molecule has 0 saturated carbocycles. The minimum atomic E-state index is 0.0234. The number of piperazine rings is 1. The number of carbonyl (C=O) groups is 1. The second kappa shape index (κ2) is 9.77. The Morgan fingerprint density at radius 3 is 2.44 bits per heavy atom. The Morgan fingerprint density at radius 1 is 1.12 bits per heavy atom. The summed E-state index contributed by atoms with van der Waals surface area (Å²) in [6, 6.07) is 17.3. The van der Waals surface area contributed by atoms with Gasteiger partial charge < -0.3 is 9.64 Å². The van der Waals surface area contributed by atoms with Crippen molar-refractivity contribution in [1.82, 2.24) is 24.6 Å². The SMILES string of the molecule is COc1ccc(-c2n[nH]c(=S)n2CC(=O)N2CCN(Cc3ccc(C#N)cc3)CC2)cc1. The van der Waals surface area contributed by atoms with Crippen LogP contribution in [-0.4, -0.2) is 63.8 Å². The maximum absolute atomic E-state index is 13.0. The predicted molar refractivity (Wildman–Crippen MR) is 122 cm³/mol. The fourth-order valence-corrected chi connectivity index (χ4v) is 3.96. The molecule has 0 bridgehead atoms. The second-order valence-corrected chi connectivity index (χ2v) is 8.02. The molecule has 1 N–H and O–H groups in total. The summed E-state index contributed by atoms with van der Waals surface area (Å²) in [4.78, 5) is 17.2. The van der Waals surface area contributed by atoms with Gasteiger partial charge >= 0.3 is 0 Å². The van der Waals surface area contributed by atoms with Gasteiger partial charge in [0.1, 0.15) is 12.3 Å². The lowest BCUT2D eigenvalue weighted by Gasteiger charge is -2.35. The summed E-state index contributed by atoms with van der Waals surface area (Å²) in [6.45, 7) is 3.88. The van der Waals surface area contributed by atoms with E-state index in [4.69, 9.17) is 22.2 Å². The average molecular weight is 449 g/mol. The highest BCUT2D eigenvalue weighted by Crippen LogP contribution is 2.21. The number of benzene rings is 2. The van der Waals surface area contributed by atoms with Gasteiger partial charge in [-0.15, -0.1) is 0 Å². The predicted octanol–water partition coefficient (Wildman–Crippen LogP) is 2.83. The van der Waals surface area contributed by atoms with Gasteiger partial charge in [-0.05, 0) is 54.2 Å². The number of aromatic nitrogens is 3. The maximum atomic E-state index is 13.0. The number of hydrogen-bond donors (Lipinski definition) is 1. The molecule has 0 atom stereocenters. The summed E-state index contributed by atoms with van der Waals surface area (Å²) in [5.74, 6) is 1.41. The van der Waals surface area contributed by atoms with Gasteiger partial charge in [0.05, 0.1) is 18.7 Å².